The van der Waals surface area contributed by atoms with E-state index < -0.39 is 0 Å². The van der Waals surface area contributed by atoms with E-state index in [2.05, 4.69) is 0 Å². The van der Waals surface area contributed by atoms with Gasteiger partial charge in [-0.1, -0.05) is 0 Å². The Morgan fingerprint density at radius 3 is 2.81 bits per heavy atom. The molecule has 2 atom stereocenters. The summed E-state index contributed by atoms with van der Waals surface area (Å²) in [6.45, 7) is 2.36. The molecule has 1 aliphatic heterocycles. The van der Waals surface area contributed by atoms with Gasteiger partial charge in [-0.05, 0) is 19.8 Å². The van der Waals surface area contributed by atoms with Gasteiger partial charge in [-0.15, -0.1) is 0 Å². The van der Waals surface area contributed by atoms with E-state index >= 15 is 0 Å². The average molecular weight is 224 g/mol. The van der Waals surface area contributed by atoms with E-state index in [1.165, 1.54) is 21.4 Å². The lowest BCUT2D eigenvalue weighted by Gasteiger charge is -2.12. The molecule has 2 heterocycles. The van der Waals surface area contributed by atoms with Crippen molar-refractivity contribution >= 4 is 0 Å². The van der Waals surface area contributed by atoms with Crippen molar-refractivity contribution in [3.05, 3.63) is 33.1 Å². The van der Waals surface area contributed by atoms with Crippen LogP contribution >= 0.6 is 0 Å². The highest BCUT2D eigenvalue weighted by atomic mass is 16.5. The molecular weight excluding hydrogens is 208 g/mol. The first-order valence-electron chi connectivity index (χ1n) is 5.50. The highest BCUT2D eigenvalue weighted by Gasteiger charge is 2.23. The molecule has 0 saturated carbocycles. The van der Waals surface area contributed by atoms with Crippen LogP contribution in [0.1, 0.15) is 19.8 Å². The van der Waals surface area contributed by atoms with Crippen LogP contribution in [0.3, 0.4) is 0 Å². The standard InChI is InChI=1S/C11H16N2O3/c1-8-3-4-9(16-8)7-13-10(14)5-6-12(2)11(13)15/h5-6,8-9H,3-4,7H2,1-2H3. The van der Waals surface area contributed by atoms with Crippen molar-refractivity contribution in [2.45, 2.75) is 38.5 Å². The summed E-state index contributed by atoms with van der Waals surface area (Å²) in [5.74, 6) is 0. The van der Waals surface area contributed by atoms with Gasteiger partial charge in [0.05, 0.1) is 18.8 Å². The van der Waals surface area contributed by atoms with Gasteiger partial charge >= 0.3 is 5.69 Å². The lowest BCUT2D eigenvalue weighted by Crippen LogP contribution is -2.40. The lowest BCUT2D eigenvalue weighted by atomic mass is 10.2. The summed E-state index contributed by atoms with van der Waals surface area (Å²) in [7, 11) is 1.64. The predicted molar refractivity (Wildman–Crippen MR) is 59.5 cm³/mol. The molecule has 0 aromatic carbocycles. The molecule has 0 spiro atoms. The molecule has 2 rings (SSSR count). The molecule has 0 bridgehead atoms. The van der Waals surface area contributed by atoms with Gasteiger partial charge in [0.1, 0.15) is 0 Å². The van der Waals surface area contributed by atoms with Crippen molar-refractivity contribution in [3.8, 4) is 0 Å². The maximum atomic E-state index is 11.7. The Labute approximate surface area is 93.3 Å². The third-order valence-electron chi connectivity index (χ3n) is 2.95. The number of nitrogens with zero attached hydrogens (tertiary/aromatic N) is 2. The van der Waals surface area contributed by atoms with Crippen LogP contribution in [0.4, 0.5) is 0 Å². The molecule has 0 amide bonds. The maximum absolute atomic E-state index is 11.7. The topological polar surface area (TPSA) is 53.2 Å². The Balaban J connectivity index is 2.25. The minimum Gasteiger partial charge on any atom is -0.373 e. The first-order chi connectivity index (χ1) is 7.58. The molecule has 2 unspecified atom stereocenters. The van der Waals surface area contributed by atoms with Crippen LogP contribution in [-0.4, -0.2) is 21.3 Å². The third-order valence-corrected chi connectivity index (χ3v) is 2.95. The summed E-state index contributed by atoms with van der Waals surface area (Å²) in [5, 5.41) is 0. The molecule has 1 aromatic rings. The Morgan fingerprint density at radius 2 is 2.19 bits per heavy atom. The molecule has 1 saturated heterocycles. The molecule has 5 nitrogen and oxygen atoms in total. The molecule has 0 aliphatic carbocycles. The number of hydrogen-bond donors (Lipinski definition) is 0. The summed E-state index contributed by atoms with van der Waals surface area (Å²) < 4.78 is 8.25. The summed E-state index contributed by atoms with van der Waals surface area (Å²) >= 11 is 0. The second-order valence-corrected chi connectivity index (χ2v) is 4.30. The normalized spacial score (nSPS) is 24.9. The number of aromatic nitrogens is 2. The van der Waals surface area contributed by atoms with E-state index in [-0.39, 0.29) is 23.5 Å². The van der Waals surface area contributed by atoms with Crippen LogP contribution in [0.2, 0.25) is 0 Å². The number of aryl methyl sites for hydroxylation is 1. The van der Waals surface area contributed by atoms with Crippen LogP contribution in [-0.2, 0) is 18.3 Å². The molecule has 0 radical (unpaired) electrons. The van der Waals surface area contributed by atoms with Gasteiger partial charge in [-0.2, -0.15) is 0 Å². The largest absolute Gasteiger partial charge is 0.373 e. The Kier molecular flexibility index (Phi) is 2.96. The van der Waals surface area contributed by atoms with Gasteiger partial charge in [0.15, 0.2) is 0 Å². The van der Waals surface area contributed by atoms with Gasteiger partial charge in [-0.3, -0.25) is 9.36 Å². The zero-order valence-electron chi connectivity index (χ0n) is 9.55. The number of ether oxygens (including phenoxy) is 1. The van der Waals surface area contributed by atoms with Crippen LogP contribution in [0.5, 0.6) is 0 Å². The zero-order chi connectivity index (χ0) is 11.7. The smallest absolute Gasteiger partial charge is 0.330 e. The van der Waals surface area contributed by atoms with Crippen molar-refractivity contribution in [1.82, 2.24) is 9.13 Å². The second kappa shape index (κ2) is 4.25. The van der Waals surface area contributed by atoms with Crippen LogP contribution in [0, 0.1) is 0 Å². The summed E-state index contributed by atoms with van der Waals surface area (Å²) in [6.07, 6.45) is 3.61. The fraction of sp³-hybridized carbons (Fsp3) is 0.636. The van der Waals surface area contributed by atoms with E-state index in [9.17, 15) is 9.59 Å². The highest BCUT2D eigenvalue weighted by molar-refractivity contribution is 4.86. The number of hydrogen-bond acceptors (Lipinski definition) is 3. The van der Waals surface area contributed by atoms with E-state index in [1.54, 1.807) is 7.05 Å². The van der Waals surface area contributed by atoms with Gasteiger partial charge in [-0.25, -0.2) is 4.79 Å². The summed E-state index contributed by atoms with van der Waals surface area (Å²) in [5.41, 5.74) is -0.540. The second-order valence-electron chi connectivity index (χ2n) is 4.30. The van der Waals surface area contributed by atoms with Crippen molar-refractivity contribution in [2.24, 2.45) is 7.05 Å². The van der Waals surface area contributed by atoms with Crippen LogP contribution in [0.25, 0.3) is 0 Å². The molecule has 5 heteroatoms. The van der Waals surface area contributed by atoms with Gasteiger partial charge in [0, 0.05) is 19.3 Å². The minimum atomic E-state index is -0.282. The first kappa shape index (κ1) is 11.1. The fourth-order valence-corrected chi connectivity index (χ4v) is 2.01. The predicted octanol–water partition coefficient (Wildman–Crippen LogP) is 0.115. The van der Waals surface area contributed by atoms with E-state index in [0.717, 1.165) is 12.8 Å². The van der Waals surface area contributed by atoms with Gasteiger partial charge in [0.25, 0.3) is 5.56 Å². The van der Waals surface area contributed by atoms with E-state index in [4.69, 9.17) is 4.74 Å². The minimum absolute atomic E-state index is 0.0113. The molecular formula is C11H16N2O3. The van der Waals surface area contributed by atoms with Crippen LogP contribution < -0.4 is 11.2 Å². The molecule has 1 fully saturated rings. The third kappa shape index (κ3) is 2.09. The quantitative estimate of drug-likeness (QED) is 0.716. The Hall–Kier alpha value is -1.36. The number of rotatable bonds is 2. The zero-order valence-corrected chi connectivity index (χ0v) is 9.55. The summed E-state index contributed by atoms with van der Waals surface area (Å²) in [6, 6.07) is 1.40. The SMILES string of the molecule is CC1CCC(Cn2c(=O)ccn(C)c2=O)O1. The average Bonchev–Trinajstić information content (AvgIpc) is 2.65. The lowest BCUT2D eigenvalue weighted by molar-refractivity contribution is 0.0442. The molecule has 0 N–H and O–H groups in total. The van der Waals surface area contributed by atoms with Gasteiger partial charge < -0.3 is 9.30 Å². The molecule has 1 aromatic heterocycles. The monoisotopic (exact) mass is 224 g/mol. The molecule has 88 valence electrons. The van der Waals surface area contributed by atoms with Crippen molar-refractivity contribution in [1.29, 1.82) is 0 Å². The fourth-order valence-electron chi connectivity index (χ4n) is 2.01. The first-order valence-corrected chi connectivity index (χ1v) is 5.50. The van der Waals surface area contributed by atoms with Gasteiger partial charge in [0.2, 0.25) is 0 Å². The summed E-state index contributed by atoms with van der Waals surface area (Å²) in [4.78, 5) is 23.3. The Morgan fingerprint density at radius 1 is 1.44 bits per heavy atom. The Bertz CT molecular complexity index is 489. The maximum Gasteiger partial charge on any atom is 0.330 e. The van der Waals surface area contributed by atoms with E-state index in [1.807, 2.05) is 6.92 Å². The van der Waals surface area contributed by atoms with Crippen molar-refractivity contribution in [3.63, 3.8) is 0 Å². The highest BCUT2D eigenvalue weighted by Crippen LogP contribution is 2.19. The van der Waals surface area contributed by atoms with E-state index in [0.29, 0.717) is 6.54 Å². The molecule has 1 aliphatic rings. The van der Waals surface area contributed by atoms with Crippen molar-refractivity contribution in [2.75, 3.05) is 0 Å². The van der Waals surface area contributed by atoms with Crippen LogP contribution in [0.15, 0.2) is 21.9 Å². The van der Waals surface area contributed by atoms with Crippen molar-refractivity contribution < 1.29 is 4.74 Å². The molecule has 16 heavy (non-hydrogen) atoms.